The molecule has 0 aromatic heterocycles. The molecule has 2 aliphatic heterocycles. The lowest BCUT2D eigenvalue weighted by Gasteiger charge is -2.25. The molecular formula is C12H24N2O4S2. The molecular weight excluding hydrogens is 300 g/mol. The summed E-state index contributed by atoms with van der Waals surface area (Å²) in [6, 6.07) is 0.0786. The van der Waals surface area contributed by atoms with Gasteiger partial charge >= 0.3 is 0 Å². The van der Waals surface area contributed by atoms with E-state index in [1.54, 1.807) is 0 Å². The van der Waals surface area contributed by atoms with Crippen molar-refractivity contribution in [3.63, 3.8) is 0 Å². The topological polar surface area (TPSA) is 92.3 Å². The predicted molar refractivity (Wildman–Crippen MR) is 78.9 cm³/mol. The maximum absolute atomic E-state index is 12.0. The highest BCUT2D eigenvalue weighted by Gasteiger charge is 2.27. The van der Waals surface area contributed by atoms with Gasteiger partial charge in [-0.1, -0.05) is 6.42 Å². The molecule has 2 rings (SSSR count). The maximum Gasteiger partial charge on any atom is 0.211 e. The zero-order valence-corrected chi connectivity index (χ0v) is 13.3. The molecule has 0 bridgehead atoms. The van der Waals surface area contributed by atoms with E-state index in [2.05, 4.69) is 10.0 Å². The van der Waals surface area contributed by atoms with Crippen molar-refractivity contribution >= 4 is 19.9 Å². The number of hydrogen-bond acceptors (Lipinski definition) is 5. The van der Waals surface area contributed by atoms with E-state index in [-0.39, 0.29) is 23.3 Å². The summed E-state index contributed by atoms with van der Waals surface area (Å²) >= 11 is 0. The Morgan fingerprint density at radius 3 is 2.40 bits per heavy atom. The third-order valence-corrected chi connectivity index (χ3v) is 7.23. The third kappa shape index (κ3) is 5.31. The number of sulfonamides is 1. The summed E-state index contributed by atoms with van der Waals surface area (Å²) in [5.74, 6) is 0.294. The van der Waals surface area contributed by atoms with Gasteiger partial charge in [0.2, 0.25) is 10.0 Å². The quantitative estimate of drug-likeness (QED) is 0.743. The van der Waals surface area contributed by atoms with Crippen molar-refractivity contribution in [2.45, 2.75) is 50.6 Å². The fourth-order valence-electron chi connectivity index (χ4n) is 2.79. The molecule has 8 heteroatoms. The molecule has 0 amide bonds. The molecule has 1 atom stereocenters. The second-order valence-corrected chi connectivity index (χ2v) is 9.98. The van der Waals surface area contributed by atoms with E-state index in [9.17, 15) is 16.8 Å². The average Bonchev–Trinajstić information content (AvgIpc) is 2.40. The minimum Gasteiger partial charge on any atom is -0.314 e. The molecule has 0 saturated carbocycles. The van der Waals surface area contributed by atoms with Crippen LogP contribution in [-0.2, 0) is 19.9 Å². The van der Waals surface area contributed by atoms with Gasteiger partial charge in [0.1, 0.15) is 9.84 Å². The van der Waals surface area contributed by atoms with Crippen LogP contribution in [0.5, 0.6) is 0 Å². The summed E-state index contributed by atoms with van der Waals surface area (Å²) in [6.45, 7) is 0.971. The molecule has 2 aliphatic rings. The standard InChI is InChI=1S/C12H24N2O4S2/c15-19(16)8-4-12(5-9-19)14-20(17,18)10-6-11-3-1-2-7-13-11/h11-14H,1-10H2. The molecule has 0 aromatic carbocycles. The Morgan fingerprint density at radius 2 is 1.80 bits per heavy atom. The van der Waals surface area contributed by atoms with Crippen LogP contribution in [0.2, 0.25) is 0 Å². The van der Waals surface area contributed by atoms with Crippen molar-refractivity contribution in [3.8, 4) is 0 Å². The first-order valence-electron chi connectivity index (χ1n) is 7.30. The molecule has 0 aromatic rings. The molecule has 1 unspecified atom stereocenters. The van der Waals surface area contributed by atoms with Crippen molar-refractivity contribution < 1.29 is 16.8 Å². The summed E-state index contributed by atoms with van der Waals surface area (Å²) in [4.78, 5) is 0. The van der Waals surface area contributed by atoms with Gasteiger partial charge < -0.3 is 5.32 Å². The van der Waals surface area contributed by atoms with Crippen LogP contribution in [0.25, 0.3) is 0 Å². The van der Waals surface area contributed by atoms with Crippen LogP contribution < -0.4 is 10.0 Å². The monoisotopic (exact) mass is 324 g/mol. The number of sulfone groups is 1. The van der Waals surface area contributed by atoms with Crippen molar-refractivity contribution in [2.24, 2.45) is 0 Å². The second-order valence-electron chi connectivity index (χ2n) is 5.80. The van der Waals surface area contributed by atoms with Gasteiger partial charge in [0.05, 0.1) is 17.3 Å². The SMILES string of the molecule is O=S1(=O)CCC(NS(=O)(=O)CCC2CCCCN2)CC1. The molecule has 2 heterocycles. The fraction of sp³-hybridized carbons (Fsp3) is 1.00. The first kappa shape index (κ1) is 16.2. The third-order valence-electron chi connectivity index (χ3n) is 4.05. The van der Waals surface area contributed by atoms with Gasteiger partial charge in [0.25, 0.3) is 0 Å². The molecule has 0 spiro atoms. The Kier molecular flexibility index (Phi) is 5.44. The van der Waals surface area contributed by atoms with Gasteiger partial charge in [-0.25, -0.2) is 21.6 Å². The summed E-state index contributed by atoms with van der Waals surface area (Å²) in [7, 11) is -6.25. The Balaban J connectivity index is 1.76. The lowest BCUT2D eigenvalue weighted by Crippen LogP contribution is -2.43. The van der Waals surface area contributed by atoms with E-state index >= 15 is 0 Å². The van der Waals surface area contributed by atoms with Crippen LogP contribution in [0.3, 0.4) is 0 Å². The number of nitrogens with one attached hydrogen (secondary N) is 2. The number of hydrogen-bond donors (Lipinski definition) is 2. The Morgan fingerprint density at radius 1 is 1.10 bits per heavy atom. The normalized spacial score (nSPS) is 28.3. The van der Waals surface area contributed by atoms with Crippen molar-refractivity contribution in [3.05, 3.63) is 0 Å². The van der Waals surface area contributed by atoms with Gasteiger partial charge in [-0.3, -0.25) is 0 Å². The molecule has 2 N–H and O–H groups in total. The zero-order chi connectivity index (χ0) is 14.6. The van der Waals surface area contributed by atoms with Gasteiger partial charge in [0, 0.05) is 12.1 Å². The van der Waals surface area contributed by atoms with Crippen LogP contribution in [0, 0.1) is 0 Å². The first-order valence-corrected chi connectivity index (χ1v) is 10.8. The fourth-order valence-corrected chi connectivity index (χ4v) is 5.74. The Bertz CT molecular complexity index is 496. The molecule has 2 fully saturated rings. The Hall–Kier alpha value is -0.180. The van der Waals surface area contributed by atoms with Crippen LogP contribution in [-0.4, -0.2) is 52.7 Å². The average molecular weight is 324 g/mol. The second kappa shape index (κ2) is 6.72. The molecule has 2 saturated heterocycles. The van der Waals surface area contributed by atoms with Gasteiger partial charge in [-0.2, -0.15) is 0 Å². The summed E-state index contributed by atoms with van der Waals surface area (Å²) in [5.41, 5.74) is 0. The highest BCUT2D eigenvalue weighted by Crippen LogP contribution is 2.14. The van der Waals surface area contributed by atoms with Gasteiger partial charge in [-0.15, -0.1) is 0 Å². The van der Waals surface area contributed by atoms with Crippen molar-refractivity contribution in [2.75, 3.05) is 23.8 Å². The minimum atomic E-state index is -3.30. The largest absolute Gasteiger partial charge is 0.314 e. The van der Waals surface area contributed by atoms with Crippen LogP contribution in [0.15, 0.2) is 0 Å². The van der Waals surface area contributed by atoms with E-state index in [1.165, 1.54) is 0 Å². The molecule has 118 valence electrons. The first-order chi connectivity index (χ1) is 9.36. The van der Waals surface area contributed by atoms with E-state index < -0.39 is 19.9 Å². The van der Waals surface area contributed by atoms with E-state index in [0.29, 0.717) is 25.3 Å². The lowest BCUT2D eigenvalue weighted by molar-refractivity contribution is 0.391. The molecule has 6 nitrogen and oxygen atoms in total. The maximum atomic E-state index is 12.0. The van der Waals surface area contributed by atoms with E-state index in [1.807, 2.05) is 0 Å². The van der Waals surface area contributed by atoms with E-state index in [0.717, 1.165) is 25.8 Å². The van der Waals surface area contributed by atoms with Crippen LogP contribution in [0.1, 0.15) is 38.5 Å². The Labute approximate surface area is 121 Å². The number of piperidine rings is 1. The summed E-state index contributed by atoms with van der Waals surface area (Å²) in [5, 5.41) is 3.33. The van der Waals surface area contributed by atoms with Crippen LogP contribution >= 0.6 is 0 Å². The number of rotatable bonds is 5. The van der Waals surface area contributed by atoms with Crippen molar-refractivity contribution in [1.29, 1.82) is 0 Å². The lowest BCUT2D eigenvalue weighted by atomic mass is 10.0. The van der Waals surface area contributed by atoms with Gasteiger partial charge in [0.15, 0.2) is 0 Å². The molecule has 20 heavy (non-hydrogen) atoms. The highest BCUT2D eigenvalue weighted by atomic mass is 32.2. The van der Waals surface area contributed by atoms with E-state index in [4.69, 9.17) is 0 Å². The van der Waals surface area contributed by atoms with Gasteiger partial charge in [-0.05, 0) is 38.6 Å². The summed E-state index contributed by atoms with van der Waals surface area (Å²) < 4.78 is 49.3. The molecule has 0 radical (unpaired) electrons. The van der Waals surface area contributed by atoms with Crippen LogP contribution in [0.4, 0.5) is 0 Å². The highest BCUT2D eigenvalue weighted by molar-refractivity contribution is 7.91. The molecule has 0 aliphatic carbocycles. The predicted octanol–water partition coefficient (Wildman–Crippen LogP) is 0.0152. The van der Waals surface area contributed by atoms with Crippen molar-refractivity contribution in [1.82, 2.24) is 10.0 Å². The summed E-state index contributed by atoms with van der Waals surface area (Å²) in [6.07, 6.45) is 4.77. The smallest absolute Gasteiger partial charge is 0.211 e. The zero-order valence-electron chi connectivity index (χ0n) is 11.7. The minimum absolute atomic E-state index is 0.0877.